The molecule has 1 heterocycles. The number of ether oxygens (including phenoxy) is 1. The average Bonchev–Trinajstić information content (AvgIpc) is 2.87. The molecule has 0 aliphatic carbocycles. The summed E-state index contributed by atoms with van der Waals surface area (Å²) in [5.74, 6) is 0.765. The average molecular weight is 374 g/mol. The molecule has 0 aromatic heterocycles. The van der Waals surface area contributed by atoms with Gasteiger partial charge in [0, 0.05) is 5.02 Å². The predicted octanol–water partition coefficient (Wildman–Crippen LogP) is 4.39. The van der Waals surface area contributed by atoms with Crippen molar-refractivity contribution in [1.29, 1.82) is 0 Å². The molecule has 4 nitrogen and oxygen atoms in total. The number of thioether (sulfide) groups is 1. The molecule has 3 rings (SSSR count). The molecule has 0 saturated carbocycles. The number of halogens is 1. The van der Waals surface area contributed by atoms with Gasteiger partial charge in [-0.05, 0) is 47.7 Å². The van der Waals surface area contributed by atoms with Crippen molar-refractivity contribution in [2.75, 3.05) is 17.8 Å². The first-order valence-corrected chi connectivity index (χ1v) is 9.09. The Morgan fingerprint density at radius 2 is 1.64 bits per heavy atom. The molecule has 0 unspecified atom stereocenters. The minimum absolute atomic E-state index is 0.301. The van der Waals surface area contributed by atoms with Gasteiger partial charge in [-0.3, -0.25) is 9.59 Å². The van der Waals surface area contributed by atoms with Crippen molar-refractivity contribution in [3.8, 4) is 5.75 Å². The van der Waals surface area contributed by atoms with Gasteiger partial charge in [0.2, 0.25) is 0 Å². The van der Waals surface area contributed by atoms with Crippen LogP contribution in [-0.2, 0) is 9.59 Å². The lowest BCUT2D eigenvalue weighted by Crippen LogP contribution is -2.31. The molecule has 0 spiro atoms. The van der Waals surface area contributed by atoms with Crippen molar-refractivity contribution in [2.45, 2.75) is 6.92 Å². The number of benzene rings is 2. The predicted molar refractivity (Wildman–Crippen MR) is 102 cm³/mol. The van der Waals surface area contributed by atoms with Crippen molar-refractivity contribution in [1.82, 2.24) is 0 Å². The van der Waals surface area contributed by atoms with E-state index in [0.717, 1.165) is 0 Å². The molecule has 2 aromatic carbocycles. The maximum Gasteiger partial charge on any atom is 0.272 e. The van der Waals surface area contributed by atoms with Gasteiger partial charge < -0.3 is 4.74 Å². The van der Waals surface area contributed by atoms with Crippen LogP contribution in [0.5, 0.6) is 5.75 Å². The fourth-order valence-corrected chi connectivity index (χ4v) is 3.60. The Bertz CT molecular complexity index is 844. The Morgan fingerprint density at radius 1 is 1.00 bits per heavy atom. The zero-order valence-electron chi connectivity index (χ0n) is 13.8. The summed E-state index contributed by atoms with van der Waals surface area (Å²) >= 11 is 7.28. The van der Waals surface area contributed by atoms with Gasteiger partial charge in [-0.1, -0.05) is 30.7 Å². The summed E-state index contributed by atoms with van der Waals surface area (Å²) in [5, 5.41) is 0.550. The summed E-state index contributed by atoms with van der Waals surface area (Å²) < 4.78 is 5.16. The van der Waals surface area contributed by atoms with Crippen LogP contribution in [0.15, 0.2) is 53.4 Å². The minimum atomic E-state index is -0.326. The SMILES string of the molecule is CCSC1=C(c2ccc(OC)cc2)C(=O)N(c2ccc(Cl)cc2)C1=O. The van der Waals surface area contributed by atoms with E-state index in [4.69, 9.17) is 16.3 Å². The molecular weight excluding hydrogens is 358 g/mol. The van der Waals surface area contributed by atoms with Crippen LogP contribution in [0.25, 0.3) is 5.57 Å². The van der Waals surface area contributed by atoms with Gasteiger partial charge in [0.1, 0.15) is 5.75 Å². The Labute approximate surface area is 155 Å². The molecule has 128 valence electrons. The maximum absolute atomic E-state index is 13.0. The second-order valence-corrected chi connectivity index (χ2v) is 7.00. The summed E-state index contributed by atoms with van der Waals surface area (Å²) in [7, 11) is 1.58. The molecule has 1 aliphatic rings. The summed E-state index contributed by atoms with van der Waals surface area (Å²) in [5.41, 5.74) is 1.64. The lowest BCUT2D eigenvalue weighted by molar-refractivity contribution is -0.119. The van der Waals surface area contributed by atoms with E-state index >= 15 is 0 Å². The van der Waals surface area contributed by atoms with Crippen molar-refractivity contribution in [2.24, 2.45) is 0 Å². The standard InChI is InChI=1S/C19H16ClNO3S/c1-3-25-17-16(12-4-10-15(24-2)11-5-12)18(22)21(19(17)23)14-8-6-13(20)7-9-14/h4-11H,3H2,1-2H3. The molecular formula is C19H16ClNO3S. The Kier molecular flexibility index (Phi) is 5.16. The summed E-state index contributed by atoms with van der Waals surface area (Å²) in [6, 6.07) is 13.8. The quantitative estimate of drug-likeness (QED) is 0.729. The third kappa shape index (κ3) is 3.30. The molecule has 0 radical (unpaired) electrons. The van der Waals surface area contributed by atoms with Gasteiger partial charge in [-0.25, -0.2) is 4.90 Å². The zero-order chi connectivity index (χ0) is 18.0. The summed E-state index contributed by atoms with van der Waals surface area (Å²) in [6.07, 6.45) is 0. The first-order chi connectivity index (χ1) is 12.1. The molecule has 6 heteroatoms. The van der Waals surface area contributed by atoms with E-state index in [9.17, 15) is 9.59 Å². The van der Waals surface area contributed by atoms with Crippen LogP contribution in [-0.4, -0.2) is 24.7 Å². The van der Waals surface area contributed by atoms with Gasteiger partial charge in [-0.15, -0.1) is 11.8 Å². The molecule has 25 heavy (non-hydrogen) atoms. The molecule has 0 atom stereocenters. The van der Waals surface area contributed by atoms with Crippen molar-refractivity contribution < 1.29 is 14.3 Å². The fourth-order valence-electron chi connectivity index (χ4n) is 2.62. The summed E-state index contributed by atoms with van der Waals surface area (Å²) in [6.45, 7) is 1.95. The van der Waals surface area contributed by atoms with E-state index in [2.05, 4.69) is 0 Å². The lowest BCUT2D eigenvalue weighted by Gasteiger charge is -2.15. The van der Waals surface area contributed by atoms with Gasteiger partial charge in [0.25, 0.3) is 11.8 Å². The van der Waals surface area contributed by atoms with Gasteiger partial charge >= 0.3 is 0 Å². The number of methoxy groups -OCH3 is 1. The molecule has 0 bridgehead atoms. The largest absolute Gasteiger partial charge is 0.497 e. The highest BCUT2D eigenvalue weighted by Gasteiger charge is 2.39. The second kappa shape index (κ2) is 7.33. The number of imide groups is 1. The highest BCUT2D eigenvalue weighted by atomic mass is 35.5. The number of hydrogen-bond donors (Lipinski definition) is 0. The highest BCUT2D eigenvalue weighted by Crippen LogP contribution is 2.38. The number of anilines is 1. The van der Waals surface area contributed by atoms with Crippen LogP contribution < -0.4 is 9.64 Å². The van der Waals surface area contributed by atoms with Crippen LogP contribution in [0, 0.1) is 0 Å². The topological polar surface area (TPSA) is 46.6 Å². The first-order valence-electron chi connectivity index (χ1n) is 7.72. The number of nitrogens with zero attached hydrogens (tertiary/aromatic N) is 1. The lowest BCUT2D eigenvalue weighted by atomic mass is 10.1. The van der Waals surface area contributed by atoms with Gasteiger partial charge in [0.05, 0.1) is 23.3 Å². The Balaban J connectivity index is 2.05. The third-order valence-electron chi connectivity index (χ3n) is 3.79. The van der Waals surface area contributed by atoms with E-state index in [1.54, 1.807) is 55.6 Å². The number of amides is 2. The van der Waals surface area contributed by atoms with Crippen LogP contribution in [0.3, 0.4) is 0 Å². The monoisotopic (exact) mass is 373 g/mol. The van der Waals surface area contributed by atoms with Gasteiger partial charge in [0.15, 0.2) is 0 Å². The maximum atomic E-state index is 13.0. The van der Waals surface area contributed by atoms with Crippen LogP contribution in [0.2, 0.25) is 5.02 Å². The van der Waals surface area contributed by atoms with Crippen molar-refractivity contribution in [3.63, 3.8) is 0 Å². The van der Waals surface area contributed by atoms with E-state index in [-0.39, 0.29) is 11.8 Å². The smallest absolute Gasteiger partial charge is 0.272 e. The van der Waals surface area contributed by atoms with E-state index < -0.39 is 0 Å². The molecule has 2 aromatic rings. The molecule has 0 N–H and O–H groups in total. The van der Waals surface area contributed by atoms with Crippen molar-refractivity contribution in [3.05, 3.63) is 64.0 Å². The van der Waals surface area contributed by atoms with Crippen LogP contribution >= 0.6 is 23.4 Å². The minimum Gasteiger partial charge on any atom is -0.497 e. The number of rotatable bonds is 5. The highest BCUT2D eigenvalue weighted by molar-refractivity contribution is 8.04. The van der Waals surface area contributed by atoms with E-state index in [1.807, 2.05) is 6.92 Å². The number of hydrogen-bond acceptors (Lipinski definition) is 4. The van der Waals surface area contributed by atoms with Crippen LogP contribution in [0.1, 0.15) is 12.5 Å². The van der Waals surface area contributed by atoms with Crippen molar-refractivity contribution >= 4 is 46.4 Å². The Morgan fingerprint density at radius 3 is 2.20 bits per heavy atom. The van der Waals surface area contributed by atoms with Crippen LogP contribution in [0.4, 0.5) is 5.69 Å². The summed E-state index contributed by atoms with van der Waals surface area (Å²) in [4.78, 5) is 27.5. The number of carbonyl (C=O) groups excluding carboxylic acids is 2. The fraction of sp³-hybridized carbons (Fsp3) is 0.158. The zero-order valence-corrected chi connectivity index (χ0v) is 15.4. The number of carbonyl (C=O) groups is 2. The third-order valence-corrected chi connectivity index (χ3v) is 5.00. The van der Waals surface area contributed by atoms with Gasteiger partial charge in [-0.2, -0.15) is 0 Å². The first kappa shape index (κ1) is 17.6. The molecule has 2 amide bonds. The Hall–Kier alpha value is -2.24. The molecule has 0 saturated heterocycles. The normalized spacial score (nSPS) is 14.4. The molecule has 1 aliphatic heterocycles. The molecule has 0 fully saturated rings. The van der Waals surface area contributed by atoms with E-state index in [0.29, 0.717) is 38.3 Å². The second-order valence-electron chi connectivity index (χ2n) is 5.29. The van der Waals surface area contributed by atoms with E-state index in [1.165, 1.54) is 16.7 Å².